The van der Waals surface area contributed by atoms with E-state index in [9.17, 15) is 0 Å². The van der Waals surface area contributed by atoms with Gasteiger partial charge in [-0.2, -0.15) is 0 Å². The molecule has 84 valence electrons. The number of benzene rings is 1. The lowest BCUT2D eigenvalue weighted by Crippen LogP contribution is -2.11. The molecule has 0 amide bonds. The predicted octanol–water partition coefficient (Wildman–Crippen LogP) is 2.73. The van der Waals surface area contributed by atoms with Crippen molar-refractivity contribution in [3.63, 3.8) is 0 Å². The molecule has 1 aliphatic rings. The Morgan fingerprint density at radius 2 is 2.19 bits per heavy atom. The van der Waals surface area contributed by atoms with Gasteiger partial charge in [0, 0.05) is 6.54 Å². The third kappa shape index (κ3) is 1.39. The maximum atomic E-state index is 6.01. The maximum absolute atomic E-state index is 6.01. The quantitative estimate of drug-likeness (QED) is 0.837. The van der Waals surface area contributed by atoms with Crippen molar-refractivity contribution in [1.82, 2.24) is 9.55 Å². The number of hydrogen-bond donors (Lipinski definition) is 1. The smallest absolute Gasteiger partial charge is 0.201 e. The number of fused-ring (bicyclic) bond motifs is 1. The maximum Gasteiger partial charge on any atom is 0.201 e. The van der Waals surface area contributed by atoms with Crippen LogP contribution in [0.1, 0.15) is 25.3 Å². The van der Waals surface area contributed by atoms with E-state index in [-0.39, 0.29) is 0 Å². The lowest BCUT2D eigenvalue weighted by molar-refractivity contribution is 0.476. The summed E-state index contributed by atoms with van der Waals surface area (Å²) in [5, 5.41) is 0. The molecule has 3 rings (SSSR count). The number of nitrogen functional groups attached to an aromatic ring is 1. The highest BCUT2D eigenvalue weighted by atomic mass is 15.2. The van der Waals surface area contributed by atoms with E-state index >= 15 is 0 Å². The second-order valence-corrected chi connectivity index (χ2v) is 5.31. The van der Waals surface area contributed by atoms with Crippen molar-refractivity contribution in [2.75, 3.05) is 5.73 Å². The number of imidazole rings is 1. The van der Waals surface area contributed by atoms with Crippen LogP contribution in [0.2, 0.25) is 0 Å². The van der Waals surface area contributed by atoms with E-state index in [1.165, 1.54) is 23.9 Å². The molecule has 3 nitrogen and oxygen atoms in total. The standard InChI is InChI=1S/C13H17N3/c1-9-4-3-5-10-11(9)16(12(14)15-10)8-13(2)6-7-13/h3-5H,6-8H2,1-2H3,(H2,14,15). The van der Waals surface area contributed by atoms with Gasteiger partial charge >= 0.3 is 0 Å². The lowest BCUT2D eigenvalue weighted by Gasteiger charge is -2.12. The third-order valence-corrected chi connectivity index (χ3v) is 3.64. The Labute approximate surface area is 95.3 Å². The minimum Gasteiger partial charge on any atom is -0.369 e. The molecule has 0 radical (unpaired) electrons. The van der Waals surface area contributed by atoms with Crippen molar-refractivity contribution < 1.29 is 0 Å². The SMILES string of the molecule is Cc1cccc2nc(N)n(CC3(C)CC3)c12. The molecule has 0 saturated heterocycles. The van der Waals surface area contributed by atoms with E-state index in [1.807, 2.05) is 12.1 Å². The fourth-order valence-corrected chi connectivity index (χ4v) is 2.30. The first-order valence-corrected chi connectivity index (χ1v) is 5.80. The van der Waals surface area contributed by atoms with Gasteiger partial charge in [-0.3, -0.25) is 0 Å². The fraction of sp³-hybridized carbons (Fsp3) is 0.462. The molecule has 2 aromatic rings. The zero-order valence-corrected chi connectivity index (χ0v) is 9.83. The predicted molar refractivity (Wildman–Crippen MR) is 66.2 cm³/mol. The van der Waals surface area contributed by atoms with Crippen molar-refractivity contribution in [1.29, 1.82) is 0 Å². The van der Waals surface area contributed by atoms with Gasteiger partial charge in [0.05, 0.1) is 11.0 Å². The summed E-state index contributed by atoms with van der Waals surface area (Å²) in [5.74, 6) is 0.650. The first-order valence-electron chi connectivity index (χ1n) is 5.80. The van der Waals surface area contributed by atoms with Gasteiger partial charge < -0.3 is 10.3 Å². The minimum atomic E-state index is 0.448. The van der Waals surface area contributed by atoms with Crippen LogP contribution in [0.3, 0.4) is 0 Å². The van der Waals surface area contributed by atoms with Gasteiger partial charge in [-0.05, 0) is 36.8 Å². The summed E-state index contributed by atoms with van der Waals surface area (Å²) in [5.41, 5.74) is 9.93. The Balaban J connectivity index is 2.18. The molecule has 0 bridgehead atoms. The summed E-state index contributed by atoms with van der Waals surface area (Å²) >= 11 is 0. The van der Waals surface area contributed by atoms with Gasteiger partial charge in [-0.15, -0.1) is 0 Å². The Morgan fingerprint density at radius 3 is 2.88 bits per heavy atom. The molecule has 1 saturated carbocycles. The normalized spacial score (nSPS) is 17.9. The van der Waals surface area contributed by atoms with Gasteiger partial charge in [-0.25, -0.2) is 4.98 Å². The van der Waals surface area contributed by atoms with Gasteiger partial charge in [0.2, 0.25) is 5.95 Å². The first kappa shape index (κ1) is 9.70. The van der Waals surface area contributed by atoms with Crippen molar-refractivity contribution in [2.24, 2.45) is 5.41 Å². The molecule has 1 aromatic heterocycles. The Hall–Kier alpha value is -1.51. The van der Waals surface area contributed by atoms with E-state index in [0.717, 1.165) is 12.1 Å². The zero-order valence-electron chi connectivity index (χ0n) is 9.83. The minimum absolute atomic E-state index is 0.448. The van der Waals surface area contributed by atoms with Crippen LogP contribution in [0.15, 0.2) is 18.2 Å². The Bertz CT molecular complexity index is 550. The van der Waals surface area contributed by atoms with Crippen molar-refractivity contribution >= 4 is 17.0 Å². The number of aryl methyl sites for hydroxylation is 1. The highest BCUT2D eigenvalue weighted by molar-refractivity contribution is 5.81. The van der Waals surface area contributed by atoms with Crippen LogP contribution in [-0.2, 0) is 6.54 Å². The summed E-state index contributed by atoms with van der Waals surface area (Å²) in [6.07, 6.45) is 2.61. The van der Waals surface area contributed by atoms with Crippen molar-refractivity contribution in [3.05, 3.63) is 23.8 Å². The van der Waals surface area contributed by atoms with Gasteiger partial charge in [0.25, 0.3) is 0 Å². The van der Waals surface area contributed by atoms with E-state index in [2.05, 4.69) is 29.5 Å². The molecule has 1 aromatic carbocycles. The summed E-state index contributed by atoms with van der Waals surface area (Å²) < 4.78 is 2.18. The molecular weight excluding hydrogens is 198 g/mol. The van der Waals surface area contributed by atoms with Gasteiger partial charge in [0.1, 0.15) is 0 Å². The second kappa shape index (κ2) is 3.00. The molecular formula is C13H17N3. The largest absolute Gasteiger partial charge is 0.369 e. The number of para-hydroxylation sites is 1. The topological polar surface area (TPSA) is 43.8 Å². The Kier molecular flexibility index (Phi) is 1.82. The molecule has 0 atom stereocenters. The third-order valence-electron chi connectivity index (χ3n) is 3.64. The average molecular weight is 215 g/mol. The molecule has 0 aliphatic heterocycles. The fourth-order valence-electron chi connectivity index (χ4n) is 2.30. The van der Waals surface area contributed by atoms with Crippen LogP contribution in [0.25, 0.3) is 11.0 Å². The van der Waals surface area contributed by atoms with Crippen LogP contribution < -0.4 is 5.73 Å². The van der Waals surface area contributed by atoms with Crippen molar-refractivity contribution in [3.8, 4) is 0 Å². The highest BCUT2D eigenvalue weighted by Gasteiger charge is 2.38. The highest BCUT2D eigenvalue weighted by Crippen LogP contribution is 2.47. The van der Waals surface area contributed by atoms with Gasteiger partial charge in [-0.1, -0.05) is 19.1 Å². The number of hydrogen-bond acceptors (Lipinski definition) is 2. The molecule has 1 fully saturated rings. The van der Waals surface area contributed by atoms with Crippen LogP contribution in [0.4, 0.5) is 5.95 Å². The van der Waals surface area contributed by atoms with Crippen LogP contribution in [0.5, 0.6) is 0 Å². The average Bonchev–Trinajstić information content (AvgIpc) is 2.86. The van der Waals surface area contributed by atoms with Gasteiger partial charge in [0.15, 0.2) is 0 Å². The second-order valence-electron chi connectivity index (χ2n) is 5.31. The van der Waals surface area contributed by atoms with E-state index < -0.39 is 0 Å². The van der Waals surface area contributed by atoms with Crippen molar-refractivity contribution in [2.45, 2.75) is 33.2 Å². The zero-order chi connectivity index (χ0) is 11.3. The summed E-state index contributed by atoms with van der Waals surface area (Å²) in [6, 6.07) is 6.19. The molecule has 16 heavy (non-hydrogen) atoms. The van der Waals surface area contributed by atoms with Crippen LogP contribution >= 0.6 is 0 Å². The molecule has 0 spiro atoms. The molecule has 1 aliphatic carbocycles. The van der Waals surface area contributed by atoms with E-state index in [0.29, 0.717) is 11.4 Å². The monoisotopic (exact) mass is 215 g/mol. The van der Waals surface area contributed by atoms with Crippen LogP contribution in [0, 0.1) is 12.3 Å². The Morgan fingerprint density at radius 1 is 1.44 bits per heavy atom. The number of anilines is 1. The number of aromatic nitrogens is 2. The summed E-state index contributed by atoms with van der Waals surface area (Å²) in [4.78, 5) is 4.43. The van der Waals surface area contributed by atoms with Crippen LogP contribution in [-0.4, -0.2) is 9.55 Å². The molecule has 1 heterocycles. The number of nitrogens with two attached hydrogens (primary N) is 1. The number of nitrogens with zero attached hydrogens (tertiary/aromatic N) is 2. The van der Waals surface area contributed by atoms with E-state index in [4.69, 9.17) is 5.73 Å². The van der Waals surface area contributed by atoms with E-state index in [1.54, 1.807) is 0 Å². The molecule has 2 N–H and O–H groups in total. The first-order chi connectivity index (χ1) is 7.59. The lowest BCUT2D eigenvalue weighted by atomic mass is 10.1. The molecule has 0 unspecified atom stereocenters. The number of rotatable bonds is 2. The molecule has 3 heteroatoms. The summed E-state index contributed by atoms with van der Waals surface area (Å²) in [6.45, 7) is 5.44. The summed E-state index contributed by atoms with van der Waals surface area (Å²) in [7, 11) is 0.